The number of halogens is 1. The van der Waals surface area contributed by atoms with Gasteiger partial charge in [-0.3, -0.25) is 4.79 Å². The molecule has 104 valence electrons. The molecule has 1 fully saturated rings. The predicted molar refractivity (Wildman–Crippen MR) is 71.2 cm³/mol. The quantitative estimate of drug-likeness (QED) is 0.875. The molecule has 1 aromatic carbocycles. The Hall–Kier alpha value is -1.62. The van der Waals surface area contributed by atoms with Crippen molar-refractivity contribution in [2.24, 2.45) is 5.73 Å². The van der Waals surface area contributed by atoms with E-state index in [2.05, 4.69) is 0 Å². The fourth-order valence-electron chi connectivity index (χ4n) is 2.67. The number of carbonyl (C=O) groups is 1. The van der Waals surface area contributed by atoms with Gasteiger partial charge in [-0.1, -0.05) is 12.1 Å². The lowest BCUT2D eigenvalue weighted by molar-refractivity contribution is -0.119. The summed E-state index contributed by atoms with van der Waals surface area (Å²) in [6, 6.07) is 4.08. The molecule has 1 saturated heterocycles. The Morgan fingerprint density at radius 2 is 2.26 bits per heavy atom. The zero-order chi connectivity index (χ0) is 14.0. The van der Waals surface area contributed by atoms with E-state index in [1.54, 1.807) is 24.0 Å². The second-order valence-corrected chi connectivity index (χ2v) is 4.96. The van der Waals surface area contributed by atoms with E-state index >= 15 is 0 Å². The summed E-state index contributed by atoms with van der Waals surface area (Å²) in [6.07, 6.45) is 1.63. The van der Waals surface area contributed by atoms with Crippen molar-refractivity contribution < 1.29 is 14.3 Å². The van der Waals surface area contributed by atoms with Crippen LogP contribution in [0.15, 0.2) is 18.2 Å². The third-order valence-corrected chi connectivity index (χ3v) is 3.59. The first-order chi connectivity index (χ1) is 9.02. The Balaban J connectivity index is 2.46. The van der Waals surface area contributed by atoms with Crippen molar-refractivity contribution in [3.05, 3.63) is 29.6 Å². The van der Waals surface area contributed by atoms with Crippen LogP contribution in [0.4, 0.5) is 10.1 Å². The highest BCUT2D eigenvalue weighted by Crippen LogP contribution is 2.33. The molecule has 3 N–H and O–H groups in total. The molecule has 0 spiro atoms. The van der Waals surface area contributed by atoms with E-state index in [0.717, 1.165) is 12.8 Å². The highest BCUT2D eigenvalue weighted by molar-refractivity contribution is 5.84. The van der Waals surface area contributed by atoms with Crippen molar-refractivity contribution in [2.45, 2.75) is 38.3 Å². The average Bonchev–Trinajstić information content (AvgIpc) is 2.38. The SMILES string of the molecule is CC(O)c1cccc(F)c1N1CCCCC1C(N)=O. The van der Waals surface area contributed by atoms with Gasteiger partial charge in [-0.05, 0) is 32.3 Å². The fourth-order valence-corrected chi connectivity index (χ4v) is 2.67. The molecule has 1 aliphatic rings. The number of aliphatic hydroxyl groups is 1. The second kappa shape index (κ2) is 5.57. The van der Waals surface area contributed by atoms with Crippen LogP contribution in [0.1, 0.15) is 37.9 Å². The summed E-state index contributed by atoms with van der Waals surface area (Å²) < 4.78 is 14.1. The molecular weight excluding hydrogens is 247 g/mol. The summed E-state index contributed by atoms with van der Waals surface area (Å²) in [6.45, 7) is 2.16. The van der Waals surface area contributed by atoms with E-state index in [1.807, 2.05) is 0 Å². The summed E-state index contributed by atoms with van der Waals surface area (Å²) in [5.74, 6) is -0.869. The molecule has 1 heterocycles. The monoisotopic (exact) mass is 266 g/mol. The maximum absolute atomic E-state index is 14.1. The number of carbonyl (C=O) groups excluding carboxylic acids is 1. The second-order valence-electron chi connectivity index (χ2n) is 4.96. The first kappa shape index (κ1) is 13.8. The van der Waals surface area contributed by atoms with Gasteiger partial charge in [0.05, 0.1) is 11.8 Å². The third kappa shape index (κ3) is 2.71. The summed E-state index contributed by atoms with van der Waals surface area (Å²) in [5, 5.41) is 9.77. The van der Waals surface area contributed by atoms with Gasteiger partial charge < -0.3 is 15.7 Å². The molecule has 1 aliphatic heterocycles. The van der Waals surface area contributed by atoms with E-state index < -0.39 is 23.9 Å². The van der Waals surface area contributed by atoms with Crippen LogP contribution in [0, 0.1) is 5.82 Å². The van der Waals surface area contributed by atoms with Crippen molar-refractivity contribution in [3.63, 3.8) is 0 Å². The first-order valence-corrected chi connectivity index (χ1v) is 6.54. The van der Waals surface area contributed by atoms with Gasteiger partial charge >= 0.3 is 0 Å². The molecule has 2 rings (SSSR count). The molecule has 2 atom stereocenters. The number of nitrogens with zero attached hydrogens (tertiary/aromatic N) is 1. The maximum atomic E-state index is 14.1. The number of amides is 1. The van der Waals surface area contributed by atoms with Gasteiger partial charge in [-0.25, -0.2) is 4.39 Å². The van der Waals surface area contributed by atoms with Crippen LogP contribution in [0.3, 0.4) is 0 Å². The standard InChI is InChI=1S/C14H19FN2O2/c1-9(18)10-5-4-6-11(15)13(10)17-8-3-2-7-12(17)14(16)19/h4-6,9,12,18H,2-3,7-8H2,1H3,(H2,16,19). The fraction of sp³-hybridized carbons (Fsp3) is 0.500. The summed E-state index contributed by atoms with van der Waals surface area (Å²) in [4.78, 5) is 13.2. The minimum absolute atomic E-state index is 0.306. The number of hydrogen-bond donors (Lipinski definition) is 2. The molecule has 0 bridgehead atoms. The van der Waals surface area contributed by atoms with E-state index in [-0.39, 0.29) is 0 Å². The van der Waals surface area contributed by atoms with E-state index in [0.29, 0.717) is 24.2 Å². The van der Waals surface area contributed by atoms with E-state index in [4.69, 9.17) is 5.73 Å². The van der Waals surface area contributed by atoms with Crippen LogP contribution in [0.25, 0.3) is 0 Å². The van der Waals surface area contributed by atoms with Crippen molar-refractivity contribution in [1.29, 1.82) is 0 Å². The number of anilines is 1. The summed E-state index contributed by atoms with van der Waals surface area (Å²) >= 11 is 0. The minimum Gasteiger partial charge on any atom is -0.389 e. The van der Waals surface area contributed by atoms with Crippen molar-refractivity contribution >= 4 is 11.6 Å². The van der Waals surface area contributed by atoms with Gasteiger partial charge in [0.25, 0.3) is 0 Å². The van der Waals surface area contributed by atoms with Gasteiger partial charge in [-0.15, -0.1) is 0 Å². The number of benzene rings is 1. The van der Waals surface area contributed by atoms with Gasteiger partial charge in [0.2, 0.25) is 5.91 Å². The molecule has 1 amide bonds. The highest BCUT2D eigenvalue weighted by Gasteiger charge is 2.30. The number of hydrogen-bond acceptors (Lipinski definition) is 3. The molecule has 0 radical (unpaired) electrons. The van der Waals surface area contributed by atoms with Gasteiger partial charge in [-0.2, -0.15) is 0 Å². The van der Waals surface area contributed by atoms with Crippen molar-refractivity contribution in [2.75, 3.05) is 11.4 Å². The number of nitrogens with two attached hydrogens (primary N) is 1. The lowest BCUT2D eigenvalue weighted by atomic mass is 9.98. The molecule has 19 heavy (non-hydrogen) atoms. The molecule has 0 aliphatic carbocycles. The van der Waals surface area contributed by atoms with Crippen molar-refractivity contribution in [1.82, 2.24) is 0 Å². The molecule has 0 aromatic heterocycles. The Morgan fingerprint density at radius 3 is 2.89 bits per heavy atom. The summed E-state index contributed by atoms with van der Waals surface area (Å²) in [5.41, 5.74) is 6.21. The Labute approximate surface area is 112 Å². The Morgan fingerprint density at radius 1 is 1.53 bits per heavy atom. The number of primary amides is 1. The first-order valence-electron chi connectivity index (χ1n) is 6.54. The van der Waals surface area contributed by atoms with Crippen LogP contribution in [0.5, 0.6) is 0 Å². The van der Waals surface area contributed by atoms with Crippen LogP contribution >= 0.6 is 0 Å². The van der Waals surface area contributed by atoms with Gasteiger partial charge in [0.15, 0.2) is 0 Å². The number of para-hydroxylation sites is 1. The number of rotatable bonds is 3. The molecule has 2 unspecified atom stereocenters. The van der Waals surface area contributed by atoms with Crippen LogP contribution in [-0.2, 0) is 4.79 Å². The number of aliphatic hydroxyl groups excluding tert-OH is 1. The molecule has 4 nitrogen and oxygen atoms in total. The predicted octanol–water partition coefficient (Wildman–Crippen LogP) is 1.72. The molecule has 0 saturated carbocycles. The van der Waals surface area contributed by atoms with Crippen LogP contribution < -0.4 is 10.6 Å². The van der Waals surface area contributed by atoms with E-state index in [1.165, 1.54) is 6.07 Å². The molecule has 1 aromatic rings. The van der Waals surface area contributed by atoms with E-state index in [9.17, 15) is 14.3 Å². The average molecular weight is 266 g/mol. The zero-order valence-electron chi connectivity index (χ0n) is 11.0. The minimum atomic E-state index is -0.791. The van der Waals surface area contributed by atoms with Crippen molar-refractivity contribution in [3.8, 4) is 0 Å². The zero-order valence-corrected chi connectivity index (χ0v) is 11.0. The topological polar surface area (TPSA) is 66.6 Å². The maximum Gasteiger partial charge on any atom is 0.240 e. The lowest BCUT2D eigenvalue weighted by Gasteiger charge is -2.37. The molecular formula is C14H19FN2O2. The largest absolute Gasteiger partial charge is 0.389 e. The lowest BCUT2D eigenvalue weighted by Crippen LogP contribution is -2.48. The normalized spacial score (nSPS) is 21.2. The smallest absolute Gasteiger partial charge is 0.240 e. The molecule has 5 heteroatoms. The van der Waals surface area contributed by atoms with Crippen LogP contribution in [0.2, 0.25) is 0 Å². The number of piperidine rings is 1. The summed E-state index contributed by atoms with van der Waals surface area (Å²) in [7, 11) is 0. The Bertz CT molecular complexity index is 477. The van der Waals surface area contributed by atoms with Gasteiger partial charge in [0.1, 0.15) is 11.9 Å². The van der Waals surface area contributed by atoms with Crippen LogP contribution in [-0.4, -0.2) is 23.6 Å². The highest BCUT2D eigenvalue weighted by atomic mass is 19.1. The Kier molecular flexibility index (Phi) is 4.04. The van der Waals surface area contributed by atoms with Gasteiger partial charge in [0, 0.05) is 12.1 Å². The third-order valence-electron chi connectivity index (χ3n) is 3.59.